The number of carbonyl (C=O) groups excluding carboxylic acids is 2. The topological polar surface area (TPSA) is 49.4 Å². The van der Waals surface area contributed by atoms with Crippen LogP contribution in [-0.2, 0) is 29.0 Å². The van der Waals surface area contributed by atoms with Crippen molar-refractivity contribution in [1.82, 2.24) is 10.2 Å². The standard InChI is InChI=1S/C29H33BrN2O2/c1-4-22(3)31-29(34)27(18-23-12-6-5-7-13-23)32(20-24-14-10-16-26(30)17-24)28(33)19-25-15-9-8-11-21(25)2/h5-17,22,27H,4,18-20H2,1-3H3,(H,31,34). The average Bonchev–Trinajstić information content (AvgIpc) is 2.83. The van der Waals surface area contributed by atoms with E-state index in [1.807, 2.05) is 99.6 Å². The van der Waals surface area contributed by atoms with Crippen LogP contribution in [0.25, 0.3) is 0 Å². The van der Waals surface area contributed by atoms with Gasteiger partial charge in [-0.1, -0.05) is 89.6 Å². The summed E-state index contributed by atoms with van der Waals surface area (Å²) in [5.74, 6) is -0.180. The van der Waals surface area contributed by atoms with Crippen LogP contribution in [0.2, 0.25) is 0 Å². The summed E-state index contributed by atoms with van der Waals surface area (Å²) in [5.41, 5.74) is 4.05. The van der Waals surface area contributed by atoms with Crippen LogP contribution in [0.3, 0.4) is 0 Å². The summed E-state index contributed by atoms with van der Waals surface area (Å²) < 4.78 is 0.944. The molecule has 34 heavy (non-hydrogen) atoms. The van der Waals surface area contributed by atoms with Gasteiger partial charge in [0.1, 0.15) is 6.04 Å². The molecule has 2 amide bonds. The Morgan fingerprint density at radius 1 is 0.941 bits per heavy atom. The van der Waals surface area contributed by atoms with Crippen LogP contribution in [0.5, 0.6) is 0 Å². The van der Waals surface area contributed by atoms with E-state index in [9.17, 15) is 9.59 Å². The molecule has 0 saturated heterocycles. The van der Waals surface area contributed by atoms with Crippen molar-refractivity contribution in [2.45, 2.75) is 58.7 Å². The maximum Gasteiger partial charge on any atom is 0.243 e. The van der Waals surface area contributed by atoms with Crippen LogP contribution in [0.4, 0.5) is 0 Å². The zero-order chi connectivity index (χ0) is 24.5. The van der Waals surface area contributed by atoms with Crippen molar-refractivity contribution in [1.29, 1.82) is 0 Å². The maximum atomic E-state index is 13.8. The Labute approximate surface area is 211 Å². The molecule has 3 aromatic carbocycles. The summed E-state index contributed by atoms with van der Waals surface area (Å²) in [6, 6.07) is 25.1. The minimum Gasteiger partial charge on any atom is -0.352 e. The first-order chi connectivity index (χ1) is 16.4. The fourth-order valence-corrected chi connectivity index (χ4v) is 4.35. The van der Waals surface area contributed by atoms with E-state index >= 15 is 0 Å². The molecule has 0 aliphatic heterocycles. The Hall–Kier alpha value is -2.92. The molecule has 0 aromatic heterocycles. The second-order valence-corrected chi connectivity index (χ2v) is 9.69. The maximum absolute atomic E-state index is 13.8. The zero-order valence-electron chi connectivity index (χ0n) is 20.1. The number of carbonyl (C=O) groups is 2. The fraction of sp³-hybridized carbons (Fsp3) is 0.310. The fourth-order valence-electron chi connectivity index (χ4n) is 3.90. The van der Waals surface area contributed by atoms with E-state index in [1.54, 1.807) is 4.90 Å². The molecular formula is C29H33BrN2O2. The van der Waals surface area contributed by atoms with Gasteiger partial charge in [0.2, 0.25) is 11.8 Å². The van der Waals surface area contributed by atoms with Gasteiger partial charge in [-0.2, -0.15) is 0 Å². The van der Waals surface area contributed by atoms with E-state index in [0.717, 1.165) is 33.1 Å². The van der Waals surface area contributed by atoms with E-state index in [-0.39, 0.29) is 24.3 Å². The lowest BCUT2D eigenvalue weighted by molar-refractivity contribution is -0.141. The Balaban J connectivity index is 1.98. The predicted octanol–water partition coefficient (Wildman–Crippen LogP) is 5.85. The number of halogens is 1. The molecule has 1 N–H and O–H groups in total. The second kappa shape index (κ2) is 12.5. The summed E-state index contributed by atoms with van der Waals surface area (Å²) >= 11 is 3.53. The first-order valence-electron chi connectivity index (χ1n) is 11.8. The number of amides is 2. The van der Waals surface area contributed by atoms with Crippen LogP contribution >= 0.6 is 15.9 Å². The van der Waals surface area contributed by atoms with Crippen molar-refractivity contribution in [3.8, 4) is 0 Å². The SMILES string of the molecule is CCC(C)NC(=O)C(Cc1ccccc1)N(Cc1cccc(Br)c1)C(=O)Cc1ccccc1C. The third kappa shape index (κ3) is 7.29. The lowest BCUT2D eigenvalue weighted by atomic mass is 10.00. The Kier molecular flexibility index (Phi) is 9.46. The minimum absolute atomic E-state index is 0.0324. The van der Waals surface area contributed by atoms with E-state index in [1.165, 1.54) is 0 Å². The van der Waals surface area contributed by atoms with E-state index in [4.69, 9.17) is 0 Å². The molecule has 2 atom stereocenters. The van der Waals surface area contributed by atoms with E-state index < -0.39 is 6.04 Å². The molecule has 0 fully saturated rings. The molecule has 4 nitrogen and oxygen atoms in total. The third-order valence-corrected chi connectivity index (χ3v) is 6.61. The molecule has 0 spiro atoms. The zero-order valence-corrected chi connectivity index (χ0v) is 21.7. The Morgan fingerprint density at radius 2 is 1.62 bits per heavy atom. The number of hydrogen-bond acceptors (Lipinski definition) is 2. The molecule has 5 heteroatoms. The third-order valence-electron chi connectivity index (χ3n) is 6.12. The lowest BCUT2D eigenvalue weighted by Gasteiger charge is -2.32. The van der Waals surface area contributed by atoms with E-state index in [2.05, 4.69) is 21.2 Å². The van der Waals surface area contributed by atoms with Gasteiger partial charge in [-0.05, 0) is 54.7 Å². The molecule has 3 aromatic rings. The number of rotatable bonds is 10. The van der Waals surface area contributed by atoms with Crippen LogP contribution in [-0.4, -0.2) is 28.8 Å². The van der Waals surface area contributed by atoms with Gasteiger partial charge in [-0.25, -0.2) is 0 Å². The van der Waals surface area contributed by atoms with Crippen LogP contribution < -0.4 is 5.32 Å². The summed E-state index contributed by atoms with van der Waals surface area (Å²) in [5, 5.41) is 3.12. The summed E-state index contributed by atoms with van der Waals surface area (Å²) in [6.07, 6.45) is 1.53. The highest BCUT2D eigenvalue weighted by atomic mass is 79.9. The molecule has 0 saturated carbocycles. The smallest absolute Gasteiger partial charge is 0.243 e. The van der Waals surface area contributed by atoms with Crippen molar-refractivity contribution >= 4 is 27.7 Å². The number of nitrogens with one attached hydrogen (secondary N) is 1. The van der Waals surface area contributed by atoms with Crippen LogP contribution in [0, 0.1) is 6.92 Å². The van der Waals surface area contributed by atoms with E-state index in [0.29, 0.717) is 13.0 Å². The minimum atomic E-state index is -0.619. The molecule has 2 unspecified atom stereocenters. The van der Waals surface area contributed by atoms with Gasteiger partial charge in [0.25, 0.3) is 0 Å². The highest BCUT2D eigenvalue weighted by Crippen LogP contribution is 2.20. The van der Waals surface area contributed by atoms with Crippen molar-refractivity contribution in [2.75, 3.05) is 0 Å². The first-order valence-corrected chi connectivity index (χ1v) is 12.6. The summed E-state index contributed by atoms with van der Waals surface area (Å²) in [7, 11) is 0. The molecule has 0 radical (unpaired) electrons. The van der Waals surface area contributed by atoms with Crippen molar-refractivity contribution < 1.29 is 9.59 Å². The average molecular weight is 521 g/mol. The van der Waals surface area contributed by atoms with Crippen molar-refractivity contribution in [2.24, 2.45) is 0 Å². The summed E-state index contributed by atoms with van der Waals surface area (Å²) in [6.45, 7) is 6.40. The molecule has 0 bridgehead atoms. The van der Waals surface area contributed by atoms with Crippen LogP contribution in [0.1, 0.15) is 42.5 Å². The Morgan fingerprint density at radius 3 is 2.29 bits per heavy atom. The van der Waals surface area contributed by atoms with Gasteiger partial charge in [-0.15, -0.1) is 0 Å². The van der Waals surface area contributed by atoms with Gasteiger partial charge < -0.3 is 10.2 Å². The first kappa shape index (κ1) is 25.7. The number of nitrogens with zero attached hydrogens (tertiary/aromatic N) is 1. The molecule has 0 aliphatic rings. The number of hydrogen-bond donors (Lipinski definition) is 1. The summed E-state index contributed by atoms with van der Waals surface area (Å²) in [4.78, 5) is 29.1. The monoisotopic (exact) mass is 520 g/mol. The Bertz CT molecular complexity index is 1100. The lowest BCUT2D eigenvalue weighted by Crippen LogP contribution is -2.52. The second-order valence-electron chi connectivity index (χ2n) is 8.78. The van der Waals surface area contributed by atoms with Crippen molar-refractivity contribution in [3.63, 3.8) is 0 Å². The van der Waals surface area contributed by atoms with Gasteiger partial charge in [0.15, 0.2) is 0 Å². The molecule has 0 aliphatic carbocycles. The largest absolute Gasteiger partial charge is 0.352 e. The highest BCUT2D eigenvalue weighted by molar-refractivity contribution is 9.10. The van der Waals surface area contributed by atoms with Gasteiger partial charge >= 0.3 is 0 Å². The van der Waals surface area contributed by atoms with Crippen LogP contribution in [0.15, 0.2) is 83.3 Å². The normalized spacial score (nSPS) is 12.6. The quantitative estimate of drug-likeness (QED) is 0.364. The van der Waals surface area contributed by atoms with Crippen molar-refractivity contribution in [3.05, 3.63) is 106 Å². The van der Waals surface area contributed by atoms with Gasteiger partial charge in [-0.3, -0.25) is 9.59 Å². The number of aryl methyl sites for hydroxylation is 1. The molecule has 178 valence electrons. The van der Waals surface area contributed by atoms with Gasteiger partial charge in [0.05, 0.1) is 6.42 Å². The molecule has 0 heterocycles. The highest BCUT2D eigenvalue weighted by Gasteiger charge is 2.31. The number of benzene rings is 3. The molecule has 3 rings (SSSR count). The predicted molar refractivity (Wildman–Crippen MR) is 141 cm³/mol. The van der Waals surface area contributed by atoms with Gasteiger partial charge in [0, 0.05) is 23.5 Å². The molecular weight excluding hydrogens is 488 g/mol.